The summed E-state index contributed by atoms with van der Waals surface area (Å²) in [6.45, 7) is 3.79. The van der Waals surface area contributed by atoms with E-state index in [4.69, 9.17) is 11.6 Å². The zero-order valence-corrected chi connectivity index (χ0v) is 16.0. The third-order valence-electron chi connectivity index (χ3n) is 4.14. The number of aromatic nitrogens is 2. The summed E-state index contributed by atoms with van der Waals surface area (Å²) in [5, 5.41) is 6.25. The summed E-state index contributed by atoms with van der Waals surface area (Å²) in [5.41, 5.74) is 2.56. The van der Waals surface area contributed by atoms with E-state index in [-0.39, 0.29) is 23.2 Å². The second kappa shape index (κ2) is 7.20. The van der Waals surface area contributed by atoms with Gasteiger partial charge in [-0.2, -0.15) is 0 Å². The van der Waals surface area contributed by atoms with Crippen LogP contribution in [0.4, 0.5) is 11.5 Å². The molecule has 26 heavy (non-hydrogen) atoms. The molecule has 2 heterocycles. The van der Waals surface area contributed by atoms with E-state index in [9.17, 15) is 13.2 Å². The van der Waals surface area contributed by atoms with Crippen LogP contribution in [0.5, 0.6) is 0 Å². The maximum Gasteiger partial charge on any atom is 0.275 e. The molecule has 0 bridgehead atoms. The van der Waals surface area contributed by atoms with Gasteiger partial charge in [0.1, 0.15) is 11.5 Å². The standard InChI is InChI=1S/C17H19ClN4O3S/c1-10-5-11(2)16(13(18)6-10)22-17(23)14-7-20-15(8-19-14)21-12-3-4-26(24,25)9-12/h5-8,12H,3-4,9H2,1-2H3,(H,20,21)(H,22,23). The van der Waals surface area contributed by atoms with E-state index in [1.54, 1.807) is 6.07 Å². The molecular weight excluding hydrogens is 376 g/mol. The molecule has 1 aliphatic heterocycles. The number of halogens is 1. The number of amides is 1. The normalized spacial score (nSPS) is 18.5. The number of carbonyl (C=O) groups is 1. The molecular formula is C17H19ClN4O3S. The second-order valence-corrected chi connectivity index (χ2v) is 9.06. The Labute approximate surface area is 157 Å². The highest BCUT2D eigenvalue weighted by atomic mass is 35.5. The van der Waals surface area contributed by atoms with E-state index in [0.29, 0.717) is 22.9 Å². The van der Waals surface area contributed by atoms with Gasteiger partial charge in [0, 0.05) is 6.04 Å². The van der Waals surface area contributed by atoms with E-state index >= 15 is 0 Å². The fourth-order valence-corrected chi connectivity index (χ4v) is 4.93. The number of hydrogen-bond acceptors (Lipinski definition) is 6. The second-order valence-electron chi connectivity index (χ2n) is 6.42. The minimum absolute atomic E-state index is 0.0854. The van der Waals surface area contributed by atoms with Gasteiger partial charge in [-0.15, -0.1) is 0 Å². The molecule has 2 N–H and O–H groups in total. The van der Waals surface area contributed by atoms with Crippen LogP contribution >= 0.6 is 11.6 Å². The van der Waals surface area contributed by atoms with Gasteiger partial charge < -0.3 is 10.6 Å². The van der Waals surface area contributed by atoms with Crippen molar-refractivity contribution in [1.82, 2.24) is 9.97 Å². The quantitative estimate of drug-likeness (QED) is 0.826. The molecule has 1 aromatic heterocycles. The zero-order chi connectivity index (χ0) is 18.9. The van der Waals surface area contributed by atoms with E-state index in [1.807, 2.05) is 19.9 Å². The van der Waals surface area contributed by atoms with Crippen LogP contribution in [0.3, 0.4) is 0 Å². The van der Waals surface area contributed by atoms with Gasteiger partial charge in [0.25, 0.3) is 5.91 Å². The molecule has 1 unspecified atom stereocenters. The minimum atomic E-state index is -2.97. The first-order chi connectivity index (χ1) is 12.2. The predicted molar refractivity (Wildman–Crippen MR) is 102 cm³/mol. The molecule has 1 atom stereocenters. The van der Waals surface area contributed by atoms with Crippen LogP contribution in [0, 0.1) is 13.8 Å². The first-order valence-electron chi connectivity index (χ1n) is 8.10. The monoisotopic (exact) mass is 394 g/mol. The summed E-state index contributed by atoms with van der Waals surface area (Å²) in [6.07, 6.45) is 3.31. The third-order valence-corrected chi connectivity index (χ3v) is 6.21. The molecule has 7 nitrogen and oxygen atoms in total. The smallest absolute Gasteiger partial charge is 0.275 e. The summed E-state index contributed by atoms with van der Waals surface area (Å²) in [4.78, 5) is 20.6. The number of benzene rings is 1. The highest BCUT2D eigenvalue weighted by Crippen LogP contribution is 2.27. The number of carbonyl (C=O) groups excluding carboxylic acids is 1. The van der Waals surface area contributed by atoms with Crippen molar-refractivity contribution < 1.29 is 13.2 Å². The fourth-order valence-electron chi connectivity index (χ4n) is 2.89. The van der Waals surface area contributed by atoms with Crippen molar-refractivity contribution in [2.75, 3.05) is 22.1 Å². The third kappa shape index (κ3) is 4.31. The molecule has 1 amide bonds. The highest BCUT2D eigenvalue weighted by Gasteiger charge is 2.28. The maximum absolute atomic E-state index is 12.4. The largest absolute Gasteiger partial charge is 0.365 e. The summed E-state index contributed by atoms with van der Waals surface area (Å²) in [5.74, 6) is 0.284. The van der Waals surface area contributed by atoms with Crippen molar-refractivity contribution in [1.29, 1.82) is 0 Å². The maximum atomic E-state index is 12.4. The Morgan fingerprint density at radius 2 is 2.00 bits per heavy atom. The Hall–Kier alpha value is -2.19. The molecule has 3 rings (SSSR count). The summed E-state index contributed by atoms with van der Waals surface area (Å²) in [6, 6.07) is 3.52. The van der Waals surface area contributed by atoms with Gasteiger partial charge in [-0.1, -0.05) is 17.7 Å². The van der Waals surface area contributed by atoms with Crippen molar-refractivity contribution in [2.24, 2.45) is 0 Å². The number of sulfone groups is 1. The van der Waals surface area contributed by atoms with Gasteiger partial charge >= 0.3 is 0 Å². The summed E-state index contributed by atoms with van der Waals surface area (Å²) >= 11 is 6.20. The molecule has 0 radical (unpaired) electrons. The molecule has 2 aromatic rings. The molecule has 1 saturated heterocycles. The molecule has 0 spiro atoms. The molecule has 1 aromatic carbocycles. The number of aryl methyl sites for hydroxylation is 2. The Kier molecular flexibility index (Phi) is 5.15. The van der Waals surface area contributed by atoms with Crippen molar-refractivity contribution in [3.8, 4) is 0 Å². The number of hydrogen-bond donors (Lipinski definition) is 2. The average Bonchev–Trinajstić information content (AvgIpc) is 2.90. The van der Waals surface area contributed by atoms with Gasteiger partial charge in [0.2, 0.25) is 0 Å². The lowest BCUT2D eigenvalue weighted by atomic mass is 10.1. The van der Waals surface area contributed by atoms with Crippen LogP contribution in [0.1, 0.15) is 28.0 Å². The molecule has 9 heteroatoms. The summed E-state index contributed by atoms with van der Waals surface area (Å²) in [7, 11) is -2.97. The number of nitrogens with zero attached hydrogens (tertiary/aromatic N) is 2. The van der Waals surface area contributed by atoms with E-state index in [2.05, 4.69) is 20.6 Å². The van der Waals surface area contributed by atoms with Crippen LogP contribution < -0.4 is 10.6 Å². The Morgan fingerprint density at radius 3 is 2.58 bits per heavy atom. The van der Waals surface area contributed by atoms with Crippen molar-refractivity contribution in [3.63, 3.8) is 0 Å². The van der Waals surface area contributed by atoms with Gasteiger partial charge in [-0.05, 0) is 37.5 Å². The zero-order valence-electron chi connectivity index (χ0n) is 14.4. The van der Waals surface area contributed by atoms with E-state index in [1.165, 1.54) is 12.4 Å². The number of nitrogens with one attached hydrogen (secondary N) is 2. The average molecular weight is 395 g/mol. The van der Waals surface area contributed by atoms with Crippen LogP contribution in [0.2, 0.25) is 5.02 Å². The van der Waals surface area contributed by atoms with Crippen molar-refractivity contribution in [2.45, 2.75) is 26.3 Å². The number of rotatable bonds is 4. The molecule has 0 saturated carbocycles. The lowest BCUT2D eigenvalue weighted by Crippen LogP contribution is -2.22. The minimum Gasteiger partial charge on any atom is -0.365 e. The topological polar surface area (TPSA) is 101 Å². The van der Waals surface area contributed by atoms with Crippen LogP contribution in [0.15, 0.2) is 24.5 Å². The van der Waals surface area contributed by atoms with Crippen LogP contribution in [-0.2, 0) is 9.84 Å². The van der Waals surface area contributed by atoms with Gasteiger partial charge in [-0.25, -0.2) is 18.4 Å². The van der Waals surface area contributed by atoms with E-state index in [0.717, 1.165) is 11.1 Å². The van der Waals surface area contributed by atoms with Crippen LogP contribution in [-0.4, -0.2) is 41.8 Å². The van der Waals surface area contributed by atoms with Gasteiger partial charge in [-0.3, -0.25) is 4.79 Å². The predicted octanol–water partition coefficient (Wildman–Crippen LogP) is 2.60. The van der Waals surface area contributed by atoms with Gasteiger partial charge in [0.05, 0.1) is 34.6 Å². The van der Waals surface area contributed by atoms with E-state index < -0.39 is 15.7 Å². The van der Waals surface area contributed by atoms with Crippen molar-refractivity contribution >= 4 is 38.9 Å². The first-order valence-corrected chi connectivity index (χ1v) is 10.3. The molecule has 1 fully saturated rings. The molecule has 1 aliphatic rings. The lowest BCUT2D eigenvalue weighted by Gasteiger charge is -2.12. The lowest BCUT2D eigenvalue weighted by molar-refractivity contribution is 0.102. The van der Waals surface area contributed by atoms with Crippen LogP contribution in [0.25, 0.3) is 0 Å². The highest BCUT2D eigenvalue weighted by molar-refractivity contribution is 7.91. The Bertz CT molecular complexity index is 922. The fraction of sp³-hybridized carbons (Fsp3) is 0.353. The SMILES string of the molecule is Cc1cc(C)c(NC(=O)c2cnc(NC3CCS(=O)(=O)C3)cn2)c(Cl)c1. The number of anilines is 2. The van der Waals surface area contributed by atoms with Gasteiger partial charge in [0.15, 0.2) is 9.84 Å². The Balaban J connectivity index is 1.68. The molecule has 138 valence electrons. The summed E-state index contributed by atoms with van der Waals surface area (Å²) < 4.78 is 23.0. The van der Waals surface area contributed by atoms with Crippen molar-refractivity contribution in [3.05, 3.63) is 46.4 Å². The Morgan fingerprint density at radius 1 is 1.23 bits per heavy atom. The first kappa shape index (κ1) is 18.6. The molecule has 0 aliphatic carbocycles.